The highest BCUT2D eigenvalue weighted by molar-refractivity contribution is 5.88. The lowest BCUT2D eigenvalue weighted by molar-refractivity contribution is -0.118. The van der Waals surface area contributed by atoms with Crippen LogP contribution < -0.4 is 4.74 Å². The Hall–Kier alpha value is -1.31. The van der Waals surface area contributed by atoms with Crippen LogP contribution in [0.5, 0.6) is 5.75 Å². The number of carbonyl (C=O) groups excluding carboxylic acids is 1. The number of rotatable bonds is 1. The molecule has 0 bridgehead atoms. The standard InChI is InChI=1S/C14H16O2/c15-13-8-2-6-11(13)12-7-1-4-10-5-3-9-16-14(10)12/h1,4,7,11H,2-3,5-6,8-9H2. The molecule has 1 unspecified atom stereocenters. The van der Waals surface area contributed by atoms with E-state index in [1.165, 1.54) is 5.56 Å². The van der Waals surface area contributed by atoms with Gasteiger partial charge in [0.1, 0.15) is 11.5 Å². The maximum atomic E-state index is 11.8. The number of aryl methyl sites for hydroxylation is 1. The van der Waals surface area contributed by atoms with Crippen LogP contribution in [0.1, 0.15) is 42.7 Å². The Morgan fingerprint density at radius 3 is 2.94 bits per heavy atom. The molecule has 2 heteroatoms. The number of hydrogen-bond acceptors (Lipinski definition) is 2. The molecule has 16 heavy (non-hydrogen) atoms. The van der Waals surface area contributed by atoms with Crippen LogP contribution >= 0.6 is 0 Å². The Morgan fingerprint density at radius 2 is 2.12 bits per heavy atom. The SMILES string of the molecule is O=C1CCCC1c1cccc2c1OCCC2. The Morgan fingerprint density at radius 1 is 1.19 bits per heavy atom. The zero-order valence-corrected chi connectivity index (χ0v) is 9.37. The van der Waals surface area contributed by atoms with E-state index in [1.807, 2.05) is 0 Å². The second kappa shape index (κ2) is 3.93. The molecule has 0 aromatic heterocycles. The molecule has 1 heterocycles. The fourth-order valence-corrected chi connectivity index (χ4v) is 2.83. The molecule has 1 aliphatic heterocycles. The summed E-state index contributed by atoms with van der Waals surface area (Å²) in [5.74, 6) is 1.50. The molecule has 2 nitrogen and oxygen atoms in total. The van der Waals surface area contributed by atoms with Gasteiger partial charge in [-0.1, -0.05) is 18.2 Å². The van der Waals surface area contributed by atoms with E-state index < -0.39 is 0 Å². The van der Waals surface area contributed by atoms with Gasteiger partial charge in [-0.25, -0.2) is 0 Å². The van der Waals surface area contributed by atoms with E-state index in [0.29, 0.717) is 5.78 Å². The van der Waals surface area contributed by atoms with Gasteiger partial charge in [-0.05, 0) is 31.2 Å². The van der Waals surface area contributed by atoms with Crippen LogP contribution in [-0.4, -0.2) is 12.4 Å². The summed E-state index contributed by atoms with van der Waals surface area (Å²) in [6.45, 7) is 0.797. The van der Waals surface area contributed by atoms with Gasteiger partial charge >= 0.3 is 0 Å². The summed E-state index contributed by atoms with van der Waals surface area (Å²) in [4.78, 5) is 11.8. The topological polar surface area (TPSA) is 26.3 Å². The molecule has 2 aliphatic rings. The first-order valence-electron chi connectivity index (χ1n) is 6.13. The molecule has 1 saturated carbocycles. The van der Waals surface area contributed by atoms with Crippen LogP contribution in [0.3, 0.4) is 0 Å². The van der Waals surface area contributed by atoms with Crippen LogP contribution in [0.15, 0.2) is 18.2 Å². The average molecular weight is 216 g/mol. The van der Waals surface area contributed by atoms with Crippen molar-refractivity contribution < 1.29 is 9.53 Å². The minimum atomic E-state index is 0.105. The number of ketones is 1. The number of para-hydroxylation sites is 1. The van der Waals surface area contributed by atoms with Crippen molar-refractivity contribution in [2.75, 3.05) is 6.61 Å². The van der Waals surface area contributed by atoms with Gasteiger partial charge in [-0.15, -0.1) is 0 Å². The third-order valence-corrected chi connectivity index (χ3v) is 3.64. The van der Waals surface area contributed by atoms with Crippen LogP contribution in [0, 0.1) is 0 Å². The molecule has 1 fully saturated rings. The van der Waals surface area contributed by atoms with E-state index in [1.54, 1.807) is 0 Å². The van der Waals surface area contributed by atoms with E-state index in [-0.39, 0.29) is 5.92 Å². The van der Waals surface area contributed by atoms with Crippen molar-refractivity contribution >= 4 is 5.78 Å². The zero-order valence-electron chi connectivity index (χ0n) is 9.37. The van der Waals surface area contributed by atoms with E-state index >= 15 is 0 Å². The number of benzene rings is 1. The van der Waals surface area contributed by atoms with Gasteiger partial charge in [-0.2, -0.15) is 0 Å². The van der Waals surface area contributed by atoms with Crippen LogP contribution in [0.2, 0.25) is 0 Å². The summed E-state index contributed by atoms with van der Waals surface area (Å²) in [6, 6.07) is 6.25. The molecule has 0 saturated heterocycles. The fraction of sp³-hybridized carbons (Fsp3) is 0.500. The number of fused-ring (bicyclic) bond motifs is 1. The minimum absolute atomic E-state index is 0.105. The Balaban J connectivity index is 2.03. The van der Waals surface area contributed by atoms with E-state index in [4.69, 9.17) is 4.74 Å². The molecule has 84 valence electrons. The first-order valence-corrected chi connectivity index (χ1v) is 6.13. The Labute approximate surface area is 95.6 Å². The zero-order chi connectivity index (χ0) is 11.0. The van der Waals surface area contributed by atoms with E-state index in [9.17, 15) is 4.79 Å². The Bertz CT molecular complexity index is 423. The monoisotopic (exact) mass is 216 g/mol. The maximum Gasteiger partial charge on any atom is 0.140 e. The van der Waals surface area contributed by atoms with Crippen molar-refractivity contribution in [3.05, 3.63) is 29.3 Å². The lowest BCUT2D eigenvalue weighted by Crippen LogP contribution is -2.13. The largest absolute Gasteiger partial charge is 0.493 e. The highest BCUT2D eigenvalue weighted by Crippen LogP contribution is 2.39. The number of hydrogen-bond donors (Lipinski definition) is 0. The summed E-state index contributed by atoms with van der Waals surface area (Å²) in [5.41, 5.74) is 2.42. The first kappa shape index (κ1) is 9.88. The van der Waals surface area contributed by atoms with Crippen molar-refractivity contribution in [3.63, 3.8) is 0 Å². The molecule has 0 spiro atoms. The average Bonchev–Trinajstić information content (AvgIpc) is 2.75. The van der Waals surface area contributed by atoms with Crippen molar-refractivity contribution in [3.8, 4) is 5.75 Å². The van der Waals surface area contributed by atoms with E-state index in [2.05, 4.69) is 18.2 Å². The van der Waals surface area contributed by atoms with Crippen molar-refractivity contribution in [2.24, 2.45) is 0 Å². The van der Waals surface area contributed by atoms with Gasteiger partial charge in [0.05, 0.1) is 6.61 Å². The molecule has 0 amide bonds. The van der Waals surface area contributed by atoms with Crippen LogP contribution in [0.4, 0.5) is 0 Å². The van der Waals surface area contributed by atoms with E-state index in [0.717, 1.165) is 50.0 Å². The molecule has 1 aromatic carbocycles. The number of ether oxygens (including phenoxy) is 1. The van der Waals surface area contributed by atoms with Gasteiger partial charge in [-0.3, -0.25) is 4.79 Å². The first-order chi connectivity index (χ1) is 7.86. The van der Waals surface area contributed by atoms with Gasteiger partial charge in [0, 0.05) is 17.9 Å². The molecular weight excluding hydrogens is 200 g/mol. The maximum absolute atomic E-state index is 11.8. The van der Waals surface area contributed by atoms with Crippen molar-refractivity contribution in [1.29, 1.82) is 0 Å². The molecule has 3 rings (SSSR count). The molecule has 1 atom stereocenters. The lowest BCUT2D eigenvalue weighted by Gasteiger charge is -2.22. The second-order valence-electron chi connectivity index (χ2n) is 4.70. The molecular formula is C14H16O2. The molecule has 1 aliphatic carbocycles. The predicted octanol–water partition coefficient (Wildman–Crippen LogP) is 2.85. The lowest BCUT2D eigenvalue weighted by atomic mass is 9.92. The highest BCUT2D eigenvalue weighted by Gasteiger charge is 2.29. The summed E-state index contributed by atoms with van der Waals surface area (Å²) in [6.07, 6.45) is 4.96. The fourth-order valence-electron chi connectivity index (χ4n) is 2.83. The van der Waals surface area contributed by atoms with Gasteiger partial charge in [0.2, 0.25) is 0 Å². The highest BCUT2D eigenvalue weighted by atomic mass is 16.5. The van der Waals surface area contributed by atoms with Crippen LogP contribution in [-0.2, 0) is 11.2 Å². The van der Waals surface area contributed by atoms with Crippen LogP contribution in [0.25, 0.3) is 0 Å². The Kier molecular flexibility index (Phi) is 2.43. The number of Topliss-reactive ketones (excluding diaryl/α,β-unsaturated/α-hetero) is 1. The quantitative estimate of drug-likeness (QED) is 0.721. The summed E-state index contributed by atoms with van der Waals surface area (Å²) >= 11 is 0. The van der Waals surface area contributed by atoms with Crippen molar-refractivity contribution in [2.45, 2.75) is 38.0 Å². The number of carbonyl (C=O) groups is 1. The third kappa shape index (κ3) is 1.53. The normalized spacial score (nSPS) is 24.0. The molecule has 0 N–H and O–H groups in total. The van der Waals surface area contributed by atoms with Crippen molar-refractivity contribution in [1.82, 2.24) is 0 Å². The predicted molar refractivity (Wildman–Crippen MR) is 61.9 cm³/mol. The summed E-state index contributed by atoms with van der Waals surface area (Å²) < 4.78 is 5.76. The minimum Gasteiger partial charge on any atom is -0.493 e. The molecule has 1 aromatic rings. The molecule has 0 radical (unpaired) electrons. The van der Waals surface area contributed by atoms with Gasteiger partial charge < -0.3 is 4.74 Å². The summed E-state index contributed by atoms with van der Waals surface area (Å²) in [7, 11) is 0. The smallest absolute Gasteiger partial charge is 0.140 e. The second-order valence-corrected chi connectivity index (χ2v) is 4.70. The van der Waals surface area contributed by atoms with Gasteiger partial charge in [0.25, 0.3) is 0 Å². The summed E-state index contributed by atoms with van der Waals surface area (Å²) in [5, 5.41) is 0. The van der Waals surface area contributed by atoms with Gasteiger partial charge in [0.15, 0.2) is 0 Å². The third-order valence-electron chi connectivity index (χ3n) is 3.64.